The summed E-state index contributed by atoms with van der Waals surface area (Å²) >= 11 is 0. The van der Waals surface area contributed by atoms with Gasteiger partial charge in [-0.3, -0.25) is 38.3 Å². The summed E-state index contributed by atoms with van der Waals surface area (Å²) in [6.45, 7) is -0.553. The number of nitrogens with one attached hydrogen (secondary N) is 1. The minimum atomic E-state index is -4.57. The number of amides is 5. The molecule has 0 fully saturated rings. The minimum absolute atomic E-state index is 0.124. The highest BCUT2D eigenvalue weighted by atomic mass is 32.2. The van der Waals surface area contributed by atoms with Gasteiger partial charge in [0.25, 0.3) is 33.7 Å². The van der Waals surface area contributed by atoms with Gasteiger partial charge in [-0.05, 0) is 46.5 Å². The molecule has 2 N–H and O–H groups in total. The van der Waals surface area contributed by atoms with Crippen LogP contribution in [-0.4, -0.2) is 71.8 Å². The molecule has 0 aromatic heterocycles. The topological polar surface area (TPSA) is 194 Å². The van der Waals surface area contributed by atoms with Crippen molar-refractivity contribution in [2.45, 2.75) is 17.2 Å². The Kier molecular flexibility index (Phi) is 6.98. The van der Waals surface area contributed by atoms with E-state index < -0.39 is 63.2 Å². The molecule has 2 aromatic rings. The van der Waals surface area contributed by atoms with Gasteiger partial charge in [0.2, 0.25) is 5.91 Å². The van der Waals surface area contributed by atoms with Gasteiger partial charge in [0.1, 0.15) is 6.61 Å². The maximum absolute atomic E-state index is 12.5. The van der Waals surface area contributed by atoms with Crippen molar-refractivity contribution in [3.8, 4) is 11.1 Å². The predicted octanol–water partition coefficient (Wildman–Crippen LogP) is 1.29. The van der Waals surface area contributed by atoms with Crippen molar-refractivity contribution >= 4 is 51.5 Å². The first-order valence-corrected chi connectivity index (χ1v) is 13.4. The van der Waals surface area contributed by atoms with Gasteiger partial charge >= 0.3 is 6.16 Å². The number of hydroxylamine groups is 2. The van der Waals surface area contributed by atoms with Crippen molar-refractivity contribution in [3.05, 3.63) is 71.8 Å². The Morgan fingerprint density at radius 2 is 1.44 bits per heavy atom. The highest BCUT2D eigenvalue weighted by Gasteiger charge is 2.34. The first-order valence-electron chi connectivity index (χ1n) is 11.9. The summed E-state index contributed by atoms with van der Waals surface area (Å²) < 4.78 is 38.3. The van der Waals surface area contributed by atoms with E-state index in [1.54, 1.807) is 18.2 Å². The van der Waals surface area contributed by atoms with E-state index >= 15 is 0 Å². The van der Waals surface area contributed by atoms with E-state index in [2.05, 4.69) is 10.2 Å². The second-order valence-corrected chi connectivity index (χ2v) is 10.4. The molecule has 210 valence electrons. The number of ether oxygens (including phenoxy) is 1. The molecule has 0 saturated heterocycles. The van der Waals surface area contributed by atoms with Crippen LogP contribution in [0.1, 0.15) is 23.5 Å². The standard InChI is InChI=1S/C26H19N3O11S/c30-21(9-10-28-22(31)5-6-23(28)32)27-14-1-3-16-17-4-2-15(41(36,37)38)12-19(17)20(18(16)11-14)13-39-26(35)40-29-24(33)7-8-25(29)34/h1-8,11-12,20H,9-10,13H2,(H,27,30)(H,36,37,38). The van der Waals surface area contributed by atoms with E-state index in [0.717, 1.165) is 29.2 Å². The van der Waals surface area contributed by atoms with Crippen molar-refractivity contribution in [2.75, 3.05) is 18.5 Å². The number of carbonyl (C=O) groups excluding carboxylic acids is 6. The maximum atomic E-state index is 12.5. The lowest BCUT2D eigenvalue weighted by Crippen LogP contribution is -2.33. The smallest absolute Gasteiger partial charge is 0.432 e. The number of carbonyl (C=O) groups is 6. The van der Waals surface area contributed by atoms with Crippen molar-refractivity contribution in [2.24, 2.45) is 0 Å². The number of hydrogen-bond donors (Lipinski definition) is 2. The molecule has 1 atom stereocenters. The summed E-state index contributed by atoms with van der Waals surface area (Å²) in [5.74, 6) is -4.09. The molecule has 41 heavy (non-hydrogen) atoms. The molecule has 5 amide bonds. The number of fused-ring (bicyclic) bond motifs is 3. The molecule has 1 unspecified atom stereocenters. The molecule has 0 saturated carbocycles. The van der Waals surface area contributed by atoms with Gasteiger partial charge in [0.15, 0.2) is 0 Å². The largest absolute Gasteiger partial charge is 0.534 e. The lowest BCUT2D eigenvalue weighted by molar-refractivity contribution is -0.175. The van der Waals surface area contributed by atoms with Gasteiger partial charge in [-0.2, -0.15) is 8.42 Å². The lowest BCUT2D eigenvalue weighted by atomic mass is 9.97. The molecule has 2 aliphatic heterocycles. The zero-order valence-electron chi connectivity index (χ0n) is 20.8. The molecule has 2 heterocycles. The first kappa shape index (κ1) is 27.4. The Hall–Kier alpha value is -5.15. The number of benzene rings is 2. The van der Waals surface area contributed by atoms with E-state index in [-0.39, 0.29) is 18.0 Å². The van der Waals surface area contributed by atoms with Gasteiger partial charge in [0, 0.05) is 48.9 Å². The van der Waals surface area contributed by atoms with Crippen molar-refractivity contribution in [1.29, 1.82) is 0 Å². The van der Waals surface area contributed by atoms with Crippen LogP contribution in [0.15, 0.2) is 65.6 Å². The molecule has 1 aliphatic carbocycles. The minimum Gasteiger partial charge on any atom is -0.432 e. The van der Waals surface area contributed by atoms with Crippen LogP contribution in [0.5, 0.6) is 0 Å². The Balaban J connectivity index is 1.35. The fourth-order valence-corrected chi connectivity index (χ4v) is 5.09. The Bertz CT molecular complexity index is 1670. The number of nitrogens with zero attached hydrogens (tertiary/aromatic N) is 2. The van der Waals surface area contributed by atoms with Crippen molar-refractivity contribution in [1.82, 2.24) is 9.96 Å². The first-order chi connectivity index (χ1) is 19.4. The Labute approximate surface area is 231 Å². The molecule has 5 rings (SSSR count). The molecule has 15 heteroatoms. The number of imide groups is 2. The van der Waals surface area contributed by atoms with E-state index in [1.165, 1.54) is 18.2 Å². The Morgan fingerprint density at radius 3 is 2.07 bits per heavy atom. The zero-order valence-corrected chi connectivity index (χ0v) is 21.6. The molecule has 14 nitrogen and oxygen atoms in total. The average Bonchev–Trinajstić information content (AvgIpc) is 3.53. The van der Waals surface area contributed by atoms with Crippen LogP contribution in [0.3, 0.4) is 0 Å². The van der Waals surface area contributed by atoms with Gasteiger partial charge in [0.05, 0.1) is 4.90 Å². The van der Waals surface area contributed by atoms with Crippen LogP contribution in [-0.2, 0) is 43.7 Å². The van der Waals surface area contributed by atoms with Gasteiger partial charge in [-0.25, -0.2) is 4.79 Å². The molecule has 0 bridgehead atoms. The van der Waals surface area contributed by atoms with E-state index in [9.17, 15) is 41.7 Å². The molecule has 0 radical (unpaired) electrons. The van der Waals surface area contributed by atoms with E-state index in [0.29, 0.717) is 27.9 Å². The van der Waals surface area contributed by atoms with E-state index in [1.807, 2.05) is 0 Å². The normalized spacial score (nSPS) is 17.2. The fraction of sp³-hybridized carbons (Fsp3) is 0.154. The van der Waals surface area contributed by atoms with Gasteiger partial charge < -0.3 is 10.1 Å². The highest BCUT2D eigenvalue weighted by molar-refractivity contribution is 7.85. The molecule has 3 aliphatic rings. The second kappa shape index (κ2) is 10.4. The summed E-state index contributed by atoms with van der Waals surface area (Å²) in [6.07, 6.45) is 2.49. The van der Waals surface area contributed by atoms with Crippen LogP contribution < -0.4 is 5.32 Å². The fourth-order valence-electron chi connectivity index (χ4n) is 4.57. The van der Waals surface area contributed by atoms with E-state index in [4.69, 9.17) is 4.74 Å². The highest BCUT2D eigenvalue weighted by Crippen LogP contribution is 2.46. The monoisotopic (exact) mass is 581 g/mol. The summed E-state index contributed by atoms with van der Waals surface area (Å²) in [6, 6.07) is 8.71. The molecular formula is C26H19N3O11S. The molecule has 0 spiro atoms. The summed E-state index contributed by atoms with van der Waals surface area (Å²) in [5.41, 5.74) is 2.40. The van der Waals surface area contributed by atoms with Gasteiger partial charge in [-0.15, -0.1) is 0 Å². The van der Waals surface area contributed by atoms with Crippen LogP contribution >= 0.6 is 0 Å². The lowest BCUT2D eigenvalue weighted by Gasteiger charge is -2.17. The molecule has 2 aromatic carbocycles. The Morgan fingerprint density at radius 1 is 0.854 bits per heavy atom. The maximum Gasteiger partial charge on any atom is 0.534 e. The summed E-state index contributed by atoms with van der Waals surface area (Å²) in [7, 11) is -4.57. The zero-order chi connectivity index (χ0) is 29.5. The second-order valence-electron chi connectivity index (χ2n) is 8.99. The third kappa shape index (κ3) is 5.48. The predicted molar refractivity (Wildman–Crippen MR) is 136 cm³/mol. The molecular weight excluding hydrogens is 562 g/mol. The van der Waals surface area contributed by atoms with Crippen LogP contribution in [0.25, 0.3) is 11.1 Å². The van der Waals surface area contributed by atoms with Gasteiger partial charge in [-0.1, -0.05) is 17.2 Å². The van der Waals surface area contributed by atoms with Crippen LogP contribution in [0.2, 0.25) is 0 Å². The number of rotatable bonds is 8. The van der Waals surface area contributed by atoms with Crippen molar-refractivity contribution in [3.63, 3.8) is 0 Å². The quantitative estimate of drug-likeness (QED) is 0.259. The number of hydrogen-bond acceptors (Lipinski definition) is 10. The van der Waals surface area contributed by atoms with Crippen LogP contribution in [0, 0.1) is 0 Å². The summed E-state index contributed by atoms with van der Waals surface area (Å²) in [5, 5.41) is 2.88. The average molecular weight is 582 g/mol. The third-order valence-electron chi connectivity index (χ3n) is 6.46. The summed E-state index contributed by atoms with van der Waals surface area (Å²) in [4.78, 5) is 76.7. The van der Waals surface area contributed by atoms with Crippen molar-refractivity contribution < 1.29 is 51.3 Å². The SMILES string of the molecule is O=C(CCN1C(=O)C=CC1=O)Nc1ccc2c(c1)C(COC(=O)ON1C(=O)C=CC1=O)c1cc(S(=O)(=O)O)ccc1-2. The van der Waals surface area contributed by atoms with Crippen LogP contribution in [0.4, 0.5) is 10.5 Å². The third-order valence-corrected chi connectivity index (χ3v) is 7.31. The number of anilines is 1.